The molecule has 0 radical (unpaired) electrons. The lowest BCUT2D eigenvalue weighted by Crippen LogP contribution is -2.27. The van der Waals surface area contributed by atoms with Crippen LogP contribution in [0.2, 0.25) is 0 Å². The fraction of sp³-hybridized carbons (Fsp3) is 0.316. The Morgan fingerprint density at radius 3 is 1.50 bits per heavy atom. The Morgan fingerprint density at radius 1 is 0.750 bits per heavy atom. The summed E-state index contributed by atoms with van der Waals surface area (Å²) in [6.07, 6.45) is -1.57. The summed E-state index contributed by atoms with van der Waals surface area (Å²) in [5, 5.41) is 0. The van der Waals surface area contributed by atoms with Gasteiger partial charge in [0, 0.05) is 0 Å². The van der Waals surface area contributed by atoms with Crippen LogP contribution in [-0.2, 0) is 9.47 Å². The first-order chi connectivity index (χ1) is 11.6. The molecule has 0 aliphatic rings. The van der Waals surface area contributed by atoms with E-state index in [0.29, 0.717) is 0 Å². The van der Waals surface area contributed by atoms with E-state index < -0.39 is 18.4 Å². The molecule has 0 saturated carbocycles. The van der Waals surface area contributed by atoms with Crippen molar-refractivity contribution in [3.8, 4) is 11.5 Å². The number of carbonyl (C=O) groups excluding carboxylic acids is 1. The van der Waals surface area contributed by atoms with Crippen LogP contribution in [0.4, 0.5) is 4.79 Å². The molecule has 0 fully saturated rings. The maximum Gasteiger partial charge on any atom is 0.509 e. The van der Waals surface area contributed by atoms with Crippen molar-refractivity contribution >= 4 is 6.16 Å². The smallest absolute Gasteiger partial charge is 0.490 e. The summed E-state index contributed by atoms with van der Waals surface area (Å²) in [5.41, 5.74) is 0. The summed E-state index contributed by atoms with van der Waals surface area (Å²) >= 11 is 0. The molecule has 0 saturated heterocycles. The Labute approximate surface area is 142 Å². The van der Waals surface area contributed by atoms with Crippen LogP contribution >= 0.6 is 0 Å². The van der Waals surface area contributed by atoms with Gasteiger partial charge in [-0.05, 0) is 38.1 Å². The van der Waals surface area contributed by atoms with E-state index in [0.717, 1.165) is 11.5 Å². The molecule has 5 nitrogen and oxygen atoms in total. The van der Waals surface area contributed by atoms with Gasteiger partial charge in [0.05, 0.1) is 0 Å². The molecule has 0 aromatic heterocycles. The molecule has 2 aromatic carbocycles. The summed E-state index contributed by atoms with van der Waals surface area (Å²) in [7, 11) is 0. The maximum atomic E-state index is 11.7. The van der Waals surface area contributed by atoms with E-state index in [4.69, 9.17) is 18.9 Å². The van der Waals surface area contributed by atoms with Crippen LogP contribution in [0.5, 0.6) is 11.5 Å². The van der Waals surface area contributed by atoms with Crippen molar-refractivity contribution in [1.82, 2.24) is 0 Å². The van der Waals surface area contributed by atoms with E-state index in [1.165, 1.54) is 0 Å². The molecule has 0 bridgehead atoms. The van der Waals surface area contributed by atoms with Crippen molar-refractivity contribution < 1.29 is 23.7 Å². The quantitative estimate of drug-likeness (QED) is 0.683. The summed E-state index contributed by atoms with van der Waals surface area (Å²) in [5.74, 6) is 1.46. The van der Waals surface area contributed by atoms with E-state index in [9.17, 15) is 4.79 Å². The van der Waals surface area contributed by atoms with E-state index in [1.54, 1.807) is 13.8 Å². The summed E-state index contributed by atoms with van der Waals surface area (Å²) in [6.45, 7) is 4.01. The monoisotopic (exact) mass is 330 g/mol. The standard InChI is InChI=1S/C19H22O5/c1-15(13-21-17-9-5-3-6-10-17)23-19(20)24-16(2)14-22-18-11-7-4-8-12-18/h3-12,15-16H,13-14H2,1-2H3. The first-order valence-corrected chi connectivity index (χ1v) is 7.86. The molecule has 0 heterocycles. The molecule has 2 aromatic rings. The van der Waals surface area contributed by atoms with Gasteiger partial charge in [0.25, 0.3) is 0 Å². The molecule has 0 aliphatic heterocycles. The van der Waals surface area contributed by atoms with Gasteiger partial charge in [0.2, 0.25) is 0 Å². The highest BCUT2D eigenvalue weighted by Crippen LogP contribution is 2.11. The lowest BCUT2D eigenvalue weighted by molar-refractivity contribution is -0.0139. The third-order valence-electron chi connectivity index (χ3n) is 3.05. The van der Waals surface area contributed by atoms with Gasteiger partial charge in [0.15, 0.2) is 0 Å². The first kappa shape index (κ1) is 17.7. The highest BCUT2D eigenvalue weighted by atomic mass is 16.7. The van der Waals surface area contributed by atoms with Crippen LogP contribution in [0, 0.1) is 0 Å². The van der Waals surface area contributed by atoms with E-state index in [1.807, 2.05) is 60.7 Å². The molecule has 5 heteroatoms. The van der Waals surface area contributed by atoms with Gasteiger partial charge >= 0.3 is 6.16 Å². The highest BCUT2D eigenvalue weighted by Gasteiger charge is 2.15. The van der Waals surface area contributed by atoms with Gasteiger partial charge in [-0.1, -0.05) is 36.4 Å². The molecule has 0 N–H and O–H groups in total. The zero-order chi connectivity index (χ0) is 17.2. The largest absolute Gasteiger partial charge is 0.509 e. The normalized spacial score (nSPS) is 12.8. The molecular formula is C19H22O5. The Morgan fingerprint density at radius 2 is 1.12 bits per heavy atom. The van der Waals surface area contributed by atoms with Gasteiger partial charge in [-0.25, -0.2) is 4.79 Å². The van der Waals surface area contributed by atoms with Crippen molar-refractivity contribution in [2.45, 2.75) is 26.1 Å². The molecule has 2 rings (SSSR count). The maximum absolute atomic E-state index is 11.7. The summed E-state index contributed by atoms with van der Waals surface area (Å²) in [6, 6.07) is 18.7. The van der Waals surface area contributed by atoms with Gasteiger partial charge < -0.3 is 18.9 Å². The second kappa shape index (κ2) is 9.45. The molecule has 2 atom stereocenters. The number of benzene rings is 2. The number of ether oxygens (including phenoxy) is 4. The van der Waals surface area contributed by atoms with Crippen LogP contribution in [0.15, 0.2) is 60.7 Å². The second-order valence-electron chi connectivity index (χ2n) is 5.36. The number of hydrogen-bond donors (Lipinski definition) is 0. The van der Waals surface area contributed by atoms with Crippen molar-refractivity contribution in [2.24, 2.45) is 0 Å². The average Bonchev–Trinajstić information content (AvgIpc) is 2.60. The number of para-hydroxylation sites is 2. The molecule has 128 valence electrons. The van der Waals surface area contributed by atoms with Gasteiger partial charge in [0.1, 0.15) is 36.9 Å². The Kier molecular flexibility index (Phi) is 6.95. The molecule has 0 spiro atoms. The number of carbonyl (C=O) groups is 1. The summed E-state index contributed by atoms with van der Waals surface area (Å²) < 4.78 is 21.3. The molecule has 0 amide bonds. The predicted octanol–water partition coefficient (Wildman–Crippen LogP) is 4.07. The van der Waals surface area contributed by atoms with Gasteiger partial charge in [-0.15, -0.1) is 0 Å². The predicted molar refractivity (Wildman–Crippen MR) is 90.4 cm³/mol. The van der Waals surface area contributed by atoms with E-state index in [2.05, 4.69) is 0 Å². The van der Waals surface area contributed by atoms with Crippen molar-refractivity contribution in [3.63, 3.8) is 0 Å². The zero-order valence-electron chi connectivity index (χ0n) is 13.9. The minimum absolute atomic E-state index is 0.258. The fourth-order valence-electron chi connectivity index (χ4n) is 1.88. The number of hydrogen-bond acceptors (Lipinski definition) is 5. The second-order valence-corrected chi connectivity index (χ2v) is 5.36. The topological polar surface area (TPSA) is 54.0 Å². The minimum Gasteiger partial charge on any atom is -0.490 e. The average molecular weight is 330 g/mol. The molecule has 2 unspecified atom stereocenters. The van der Waals surface area contributed by atoms with Crippen LogP contribution < -0.4 is 9.47 Å². The lowest BCUT2D eigenvalue weighted by Gasteiger charge is -2.17. The van der Waals surface area contributed by atoms with Crippen molar-refractivity contribution in [2.75, 3.05) is 13.2 Å². The van der Waals surface area contributed by atoms with Crippen LogP contribution in [0.25, 0.3) is 0 Å². The third kappa shape index (κ3) is 6.60. The van der Waals surface area contributed by atoms with Crippen LogP contribution in [-0.4, -0.2) is 31.6 Å². The molecular weight excluding hydrogens is 308 g/mol. The lowest BCUT2D eigenvalue weighted by atomic mass is 10.3. The van der Waals surface area contributed by atoms with E-state index in [-0.39, 0.29) is 13.2 Å². The van der Waals surface area contributed by atoms with Crippen LogP contribution in [0.1, 0.15) is 13.8 Å². The molecule has 24 heavy (non-hydrogen) atoms. The Hall–Kier alpha value is -2.69. The minimum atomic E-state index is -0.733. The highest BCUT2D eigenvalue weighted by molar-refractivity contribution is 5.60. The van der Waals surface area contributed by atoms with E-state index >= 15 is 0 Å². The SMILES string of the molecule is CC(COc1ccccc1)OC(=O)OC(C)COc1ccccc1. The van der Waals surface area contributed by atoms with Crippen molar-refractivity contribution in [3.05, 3.63) is 60.7 Å². The van der Waals surface area contributed by atoms with Gasteiger partial charge in [-0.3, -0.25) is 0 Å². The fourth-order valence-corrected chi connectivity index (χ4v) is 1.88. The number of rotatable bonds is 8. The van der Waals surface area contributed by atoms with Crippen molar-refractivity contribution in [1.29, 1.82) is 0 Å². The Balaban J connectivity index is 1.64. The van der Waals surface area contributed by atoms with Gasteiger partial charge in [-0.2, -0.15) is 0 Å². The third-order valence-corrected chi connectivity index (χ3v) is 3.05. The zero-order valence-corrected chi connectivity index (χ0v) is 13.9. The summed E-state index contributed by atoms with van der Waals surface area (Å²) in [4.78, 5) is 11.7. The molecule has 0 aliphatic carbocycles. The first-order valence-electron chi connectivity index (χ1n) is 7.86. The Bertz CT molecular complexity index is 546. The van der Waals surface area contributed by atoms with Crippen LogP contribution in [0.3, 0.4) is 0 Å².